The molecule has 0 fully saturated rings. The van der Waals surface area contributed by atoms with Crippen molar-refractivity contribution in [1.82, 2.24) is 9.88 Å². The molecule has 8 heteroatoms. The molecule has 0 spiro atoms. The summed E-state index contributed by atoms with van der Waals surface area (Å²) in [6.45, 7) is 5.74. The van der Waals surface area contributed by atoms with Gasteiger partial charge in [0, 0.05) is 25.2 Å². The third-order valence-corrected chi connectivity index (χ3v) is 6.67. The fourth-order valence-electron chi connectivity index (χ4n) is 4.52. The molecule has 0 unspecified atom stereocenters. The van der Waals surface area contributed by atoms with Crippen molar-refractivity contribution >= 4 is 5.97 Å². The Morgan fingerprint density at radius 2 is 1.51 bits per heavy atom. The van der Waals surface area contributed by atoms with Crippen LogP contribution in [-0.4, -0.2) is 33.5 Å². The zero-order valence-electron chi connectivity index (χ0n) is 23.4. The molecule has 214 valence electrons. The first-order valence-corrected chi connectivity index (χ1v) is 13.6. The molecule has 1 aromatic heterocycles. The summed E-state index contributed by atoms with van der Waals surface area (Å²) in [5.74, 6) is -0.515. The molecule has 1 heterocycles. The molecule has 1 atom stereocenters. The Bertz CT molecular complexity index is 1460. The number of carboxylic acid groups (broad SMARTS) is 1. The molecule has 0 saturated carbocycles. The molecule has 4 rings (SSSR count). The Kier molecular flexibility index (Phi) is 10.4. The van der Waals surface area contributed by atoms with Gasteiger partial charge in [-0.05, 0) is 49.6 Å². The minimum absolute atomic E-state index is 0.205. The van der Waals surface area contributed by atoms with Gasteiger partial charge in [-0.1, -0.05) is 77.9 Å². The van der Waals surface area contributed by atoms with E-state index in [2.05, 4.69) is 11.1 Å². The molecule has 0 amide bonds. The summed E-state index contributed by atoms with van der Waals surface area (Å²) >= 11 is 0. The summed E-state index contributed by atoms with van der Waals surface area (Å²) in [5, 5.41) is 9.35. The summed E-state index contributed by atoms with van der Waals surface area (Å²) in [6, 6.07) is 25.6. The molecule has 0 bridgehead atoms. The van der Waals surface area contributed by atoms with Crippen LogP contribution in [0.3, 0.4) is 0 Å². The molecular weight excluding hydrogens is 521 g/mol. The van der Waals surface area contributed by atoms with Gasteiger partial charge in [0.05, 0.1) is 5.69 Å². The topological polar surface area (TPSA) is 97.9 Å². The number of carboxylic acids is 1. The fraction of sp³-hybridized carbons (Fsp3) is 0.273. The van der Waals surface area contributed by atoms with Crippen molar-refractivity contribution in [3.63, 3.8) is 0 Å². The van der Waals surface area contributed by atoms with Crippen molar-refractivity contribution in [3.8, 4) is 11.5 Å². The molecule has 0 aliphatic rings. The van der Waals surface area contributed by atoms with Crippen LogP contribution in [0.4, 0.5) is 4.39 Å². The van der Waals surface area contributed by atoms with Crippen molar-refractivity contribution in [3.05, 3.63) is 124 Å². The quantitative estimate of drug-likeness (QED) is 0.189. The SMILES string of the molecule is Cc1cccc(COc2ccccc2CN(CC[C@H](N)C(=O)O)Cc2nc(F)ccc2OCc2cccc(C)c2)c1. The summed E-state index contributed by atoms with van der Waals surface area (Å²) in [5.41, 5.74) is 11.5. The number of aromatic nitrogens is 1. The van der Waals surface area contributed by atoms with Crippen LogP contribution < -0.4 is 15.2 Å². The van der Waals surface area contributed by atoms with Crippen LogP contribution in [0.5, 0.6) is 11.5 Å². The van der Waals surface area contributed by atoms with Crippen molar-refractivity contribution < 1.29 is 23.8 Å². The third-order valence-electron chi connectivity index (χ3n) is 6.67. The smallest absolute Gasteiger partial charge is 0.320 e. The zero-order chi connectivity index (χ0) is 29.2. The minimum Gasteiger partial charge on any atom is -0.489 e. The summed E-state index contributed by atoms with van der Waals surface area (Å²) in [7, 11) is 0. The van der Waals surface area contributed by atoms with Gasteiger partial charge >= 0.3 is 5.97 Å². The second-order valence-electron chi connectivity index (χ2n) is 10.2. The number of halogens is 1. The van der Waals surface area contributed by atoms with E-state index in [-0.39, 0.29) is 13.0 Å². The van der Waals surface area contributed by atoms with Gasteiger partial charge in [-0.3, -0.25) is 9.69 Å². The van der Waals surface area contributed by atoms with Crippen molar-refractivity contribution in [2.24, 2.45) is 5.73 Å². The van der Waals surface area contributed by atoms with E-state index in [1.165, 1.54) is 6.07 Å². The predicted octanol–water partition coefficient (Wildman–Crippen LogP) is 5.80. The average molecular weight is 558 g/mol. The average Bonchev–Trinajstić information content (AvgIpc) is 2.95. The van der Waals surface area contributed by atoms with Gasteiger partial charge in [0.25, 0.3) is 0 Å². The summed E-state index contributed by atoms with van der Waals surface area (Å²) < 4.78 is 26.6. The van der Waals surface area contributed by atoms with Crippen molar-refractivity contribution in [1.29, 1.82) is 0 Å². The highest BCUT2D eigenvalue weighted by Crippen LogP contribution is 2.25. The van der Waals surface area contributed by atoms with Crippen LogP contribution in [0.2, 0.25) is 0 Å². The molecule has 0 saturated heterocycles. The van der Waals surface area contributed by atoms with E-state index in [1.54, 1.807) is 6.07 Å². The van der Waals surface area contributed by atoms with E-state index in [9.17, 15) is 14.3 Å². The van der Waals surface area contributed by atoms with Crippen LogP contribution in [-0.2, 0) is 31.1 Å². The normalized spacial score (nSPS) is 11.8. The number of pyridine rings is 1. The lowest BCUT2D eigenvalue weighted by Gasteiger charge is -2.25. The highest BCUT2D eigenvalue weighted by atomic mass is 19.1. The third kappa shape index (κ3) is 9.13. The maximum Gasteiger partial charge on any atom is 0.320 e. The first-order chi connectivity index (χ1) is 19.8. The molecule has 0 radical (unpaired) electrons. The van der Waals surface area contributed by atoms with Gasteiger partial charge in [-0.25, -0.2) is 4.98 Å². The number of benzene rings is 3. The monoisotopic (exact) mass is 557 g/mol. The second kappa shape index (κ2) is 14.4. The molecule has 3 N–H and O–H groups in total. The first kappa shape index (κ1) is 29.7. The lowest BCUT2D eigenvalue weighted by Crippen LogP contribution is -2.35. The highest BCUT2D eigenvalue weighted by molar-refractivity contribution is 5.73. The van der Waals surface area contributed by atoms with E-state index >= 15 is 0 Å². The van der Waals surface area contributed by atoms with Gasteiger partial charge in [-0.15, -0.1) is 0 Å². The number of carbonyl (C=O) groups is 1. The zero-order valence-corrected chi connectivity index (χ0v) is 23.4. The molecule has 4 aromatic rings. The number of ether oxygens (including phenoxy) is 2. The van der Waals surface area contributed by atoms with Crippen molar-refractivity contribution in [2.45, 2.75) is 52.6 Å². The molecular formula is C33H36FN3O4. The number of hydrogen-bond donors (Lipinski definition) is 2. The fourth-order valence-corrected chi connectivity index (χ4v) is 4.52. The number of nitrogens with two attached hydrogens (primary N) is 1. The molecule has 3 aromatic carbocycles. The van der Waals surface area contributed by atoms with Crippen LogP contribution in [0.15, 0.2) is 84.9 Å². The summed E-state index contributed by atoms with van der Waals surface area (Å²) in [6.07, 6.45) is 0.205. The maximum atomic E-state index is 14.3. The Balaban J connectivity index is 1.54. The number of nitrogens with zero attached hydrogens (tertiary/aromatic N) is 2. The lowest BCUT2D eigenvalue weighted by atomic mass is 10.1. The molecule has 41 heavy (non-hydrogen) atoms. The summed E-state index contributed by atoms with van der Waals surface area (Å²) in [4.78, 5) is 17.5. The van der Waals surface area contributed by atoms with Gasteiger partial charge in [0.15, 0.2) is 0 Å². The molecule has 0 aliphatic heterocycles. The Morgan fingerprint density at radius 1 is 0.878 bits per heavy atom. The Labute approximate surface area is 240 Å². The number of rotatable bonds is 14. The maximum absolute atomic E-state index is 14.3. The van der Waals surface area contributed by atoms with E-state index in [1.807, 2.05) is 85.5 Å². The molecule has 0 aliphatic carbocycles. The number of aryl methyl sites for hydroxylation is 2. The van der Waals surface area contributed by atoms with Gasteiger partial charge in [0.2, 0.25) is 5.95 Å². The van der Waals surface area contributed by atoms with Gasteiger partial charge in [0.1, 0.15) is 30.8 Å². The Morgan fingerprint density at radius 3 is 2.15 bits per heavy atom. The largest absolute Gasteiger partial charge is 0.489 e. The lowest BCUT2D eigenvalue weighted by molar-refractivity contribution is -0.138. The number of hydrogen-bond acceptors (Lipinski definition) is 6. The van der Waals surface area contributed by atoms with Crippen molar-refractivity contribution in [2.75, 3.05) is 6.54 Å². The first-order valence-electron chi connectivity index (χ1n) is 13.6. The standard InChI is InChI=1S/C33H36FN3O4/c1-23-7-5-9-25(17-23)21-40-30-12-4-3-11-27(30)19-37(16-15-28(35)33(38)39)20-29-31(13-14-32(34)36-29)41-22-26-10-6-8-24(2)18-26/h3-14,17-18,28H,15-16,19-22,35H2,1-2H3,(H,38,39)/t28-/m0/s1. The van der Waals surface area contributed by atoms with Crippen LogP contribution in [0.25, 0.3) is 0 Å². The van der Waals surface area contributed by atoms with E-state index < -0.39 is 18.0 Å². The van der Waals surface area contributed by atoms with Gasteiger partial charge in [-0.2, -0.15) is 4.39 Å². The highest BCUT2D eigenvalue weighted by Gasteiger charge is 2.19. The van der Waals surface area contributed by atoms with E-state index in [0.29, 0.717) is 43.5 Å². The number of aliphatic carboxylic acids is 1. The van der Waals surface area contributed by atoms with E-state index in [4.69, 9.17) is 15.2 Å². The second-order valence-corrected chi connectivity index (χ2v) is 10.2. The van der Waals surface area contributed by atoms with Crippen LogP contribution >= 0.6 is 0 Å². The molecule has 7 nitrogen and oxygen atoms in total. The Hall–Kier alpha value is -4.27. The minimum atomic E-state index is -1.07. The predicted molar refractivity (Wildman–Crippen MR) is 156 cm³/mol. The van der Waals surface area contributed by atoms with E-state index in [0.717, 1.165) is 27.8 Å². The van der Waals surface area contributed by atoms with Gasteiger partial charge < -0.3 is 20.3 Å². The number of para-hydroxylation sites is 1. The van der Waals surface area contributed by atoms with Crippen LogP contribution in [0.1, 0.15) is 39.9 Å². The van der Waals surface area contributed by atoms with Crippen LogP contribution in [0, 0.1) is 19.8 Å².